The van der Waals surface area contributed by atoms with Gasteiger partial charge in [0, 0.05) is 7.05 Å². The molecule has 1 rings (SSSR count). The fraction of sp³-hybridized carbons (Fsp3) is 0.143. The minimum absolute atomic E-state index is 0.322. The summed E-state index contributed by atoms with van der Waals surface area (Å²) in [5.74, 6) is 0.322. The van der Waals surface area contributed by atoms with Crippen molar-refractivity contribution in [3.8, 4) is 5.75 Å². The van der Waals surface area contributed by atoms with Crippen molar-refractivity contribution in [1.29, 1.82) is 0 Å². The van der Waals surface area contributed by atoms with Gasteiger partial charge in [-0.05, 0) is 12.1 Å². The van der Waals surface area contributed by atoms with E-state index in [9.17, 15) is 8.42 Å². The van der Waals surface area contributed by atoms with Gasteiger partial charge in [0.15, 0.2) is 0 Å². The van der Waals surface area contributed by atoms with E-state index < -0.39 is 10.4 Å². The van der Waals surface area contributed by atoms with Crippen LogP contribution in [0.1, 0.15) is 0 Å². The first-order valence-electron chi connectivity index (χ1n) is 3.52. The van der Waals surface area contributed by atoms with Gasteiger partial charge in [-0.15, -0.1) is 0 Å². The number of phenolic OH excluding ortho intramolecular Hbond substituents is 1. The summed E-state index contributed by atoms with van der Waals surface area (Å²) in [6.07, 6.45) is 0. The van der Waals surface area contributed by atoms with Gasteiger partial charge in [0.1, 0.15) is 5.75 Å². The van der Waals surface area contributed by atoms with Crippen LogP contribution in [0, 0.1) is 0 Å². The Hall–Kier alpha value is -1.15. The molecular formula is C7H11NO5S. The number of nitrogens with one attached hydrogen (secondary N) is 1. The van der Waals surface area contributed by atoms with E-state index in [2.05, 4.69) is 4.28 Å². The van der Waals surface area contributed by atoms with Crippen LogP contribution in [0.5, 0.6) is 5.75 Å². The molecule has 0 aliphatic rings. The Morgan fingerprint density at radius 3 is 1.93 bits per heavy atom. The summed E-state index contributed by atoms with van der Waals surface area (Å²) >= 11 is 0. The van der Waals surface area contributed by atoms with Crippen LogP contribution in [0.15, 0.2) is 30.3 Å². The summed E-state index contributed by atoms with van der Waals surface area (Å²) in [7, 11) is -3.07. The van der Waals surface area contributed by atoms with Crippen LogP contribution < -0.4 is 5.48 Å². The molecule has 0 aliphatic heterocycles. The van der Waals surface area contributed by atoms with Gasteiger partial charge >= 0.3 is 10.4 Å². The topological polar surface area (TPSA) is 95.9 Å². The molecule has 1 aromatic carbocycles. The number of aromatic hydroxyl groups is 1. The third-order valence-corrected chi connectivity index (χ3v) is 1.32. The minimum atomic E-state index is -4.29. The maximum absolute atomic E-state index is 9.50. The molecule has 6 nitrogen and oxygen atoms in total. The summed E-state index contributed by atoms with van der Waals surface area (Å²) in [6.45, 7) is 0. The second kappa shape index (κ2) is 6.33. The Morgan fingerprint density at radius 1 is 1.29 bits per heavy atom. The summed E-state index contributed by atoms with van der Waals surface area (Å²) in [4.78, 5) is 0. The lowest BCUT2D eigenvalue weighted by atomic mass is 10.3. The van der Waals surface area contributed by atoms with Gasteiger partial charge < -0.3 is 5.11 Å². The Bertz CT molecular complexity index is 336. The molecule has 0 radical (unpaired) electrons. The summed E-state index contributed by atoms with van der Waals surface area (Å²) in [5, 5.41) is 8.63. The SMILES string of the molecule is CNOS(=O)(=O)O.Oc1ccccc1. The van der Waals surface area contributed by atoms with Crippen LogP contribution in [0.4, 0.5) is 0 Å². The standard InChI is InChI=1S/C6H6O.CH5NO4S/c7-6-4-2-1-3-5-6;1-2-6-7(3,4)5/h1-5,7H;2H,1H3,(H,3,4,5). The van der Waals surface area contributed by atoms with Crippen LogP contribution in [0.25, 0.3) is 0 Å². The zero-order valence-corrected chi connectivity index (χ0v) is 8.23. The van der Waals surface area contributed by atoms with E-state index in [4.69, 9.17) is 9.66 Å². The molecule has 0 saturated carbocycles. The Balaban J connectivity index is 0.000000241. The number of rotatable bonds is 2. The van der Waals surface area contributed by atoms with E-state index in [1.165, 1.54) is 7.05 Å². The number of phenols is 1. The molecule has 14 heavy (non-hydrogen) atoms. The van der Waals surface area contributed by atoms with Gasteiger partial charge in [-0.1, -0.05) is 18.2 Å². The molecule has 3 N–H and O–H groups in total. The Labute approximate surface area is 82.1 Å². The van der Waals surface area contributed by atoms with Crippen LogP contribution in [-0.4, -0.2) is 25.1 Å². The first kappa shape index (κ1) is 12.8. The maximum atomic E-state index is 9.50. The average Bonchev–Trinajstić information content (AvgIpc) is 2.04. The molecule has 0 aromatic heterocycles. The van der Waals surface area contributed by atoms with Crippen molar-refractivity contribution in [3.63, 3.8) is 0 Å². The van der Waals surface area contributed by atoms with E-state index in [-0.39, 0.29) is 0 Å². The van der Waals surface area contributed by atoms with E-state index in [0.29, 0.717) is 5.75 Å². The highest BCUT2D eigenvalue weighted by Gasteiger charge is 1.98. The summed E-state index contributed by atoms with van der Waals surface area (Å²) in [6, 6.07) is 8.71. The molecule has 1 aromatic rings. The van der Waals surface area contributed by atoms with Gasteiger partial charge in [-0.2, -0.15) is 18.2 Å². The van der Waals surface area contributed by atoms with Crippen molar-refractivity contribution in [2.45, 2.75) is 0 Å². The third kappa shape index (κ3) is 8.94. The molecule has 0 amide bonds. The van der Waals surface area contributed by atoms with Crippen molar-refractivity contribution in [3.05, 3.63) is 30.3 Å². The van der Waals surface area contributed by atoms with Crippen molar-refractivity contribution in [2.75, 3.05) is 7.05 Å². The van der Waals surface area contributed by atoms with E-state index in [1.54, 1.807) is 29.7 Å². The second-order valence-electron chi connectivity index (χ2n) is 2.05. The van der Waals surface area contributed by atoms with Crippen LogP contribution >= 0.6 is 0 Å². The number of hydrogen-bond donors (Lipinski definition) is 3. The quantitative estimate of drug-likeness (QED) is 0.492. The lowest BCUT2D eigenvalue weighted by molar-refractivity contribution is 0.197. The zero-order valence-electron chi connectivity index (χ0n) is 7.41. The lowest BCUT2D eigenvalue weighted by Gasteiger charge is -1.89. The molecule has 0 atom stereocenters. The smallest absolute Gasteiger partial charge is 0.413 e. The fourth-order valence-corrected chi connectivity index (χ4v) is 0.744. The van der Waals surface area contributed by atoms with Crippen molar-refractivity contribution < 1.29 is 22.4 Å². The Morgan fingerprint density at radius 2 is 1.79 bits per heavy atom. The molecule has 7 heteroatoms. The molecule has 80 valence electrons. The van der Waals surface area contributed by atoms with Gasteiger partial charge in [0.2, 0.25) is 0 Å². The normalized spacial score (nSPS) is 10.1. The molecule has 0 bridgehead atoms. The molecule has 0 heterocycles. The number of hydroxylamine groups is 1. The zero-order chi connectivity index (χ0) is 11.0. The predicted octanol–water partition coefficient (Wildman–Crippen LogP) is 0.332. The minimum Gasteiger partial charge on any atom is -0.508 e. The summed E-state index contributed by atoms with van der Waals surface area (Å²) < 4.78 is 30.2. The van der Waals surface area contributed by atoms with Gasteiger partial charge in [0.05, 0.1) is 0 Å². The highest BCUT2D eigenvalue weighted by atomic mass is 32.3. The predicted molar refractivity (Wildman–Crippen MR) is 49.8 cm³/mol. The summed E-state index contributed by atoms with van der Waals surface area (Å²) in [5.41, 5.74) is 1.77. The van der Waals surface area contributed by atoms with Crippen molar-refractivity contribution in [2.24, 2.45) is 0 Å². The maximum Gasteiger partial charge on any atom is 0.413 e. The molecule has 0 fully saturated rings. The van der Waals surface area contributed by atoms with Crippen LogP contribution in [-0.2, 0) is 14.7 Å². The average molecular weight is 221 g/mol. The van der Waals surface area contributed by atoms with Crippen molar-refractivity contribution >= 4 is 10.4 Å². The van der Waals surface area contributed by atoms with Gasteiger partial charge in [-0.25, -0.2) is 0 Å². The monoisotopic (exact) mass is 221 g/mol. The van der Waals surface area contributed by atoms with E-state index in [0.717, 1.165) is 0 Å². The van der Waals surface area contributed by atoms with E-state index >= 15 is 0 Å². The number of para-hydroxylation sites is 1. The molecule has 0 spiro atoms. The fourth-order valence-electron chi connectivity index (χ4n) is 0.533. The largest absolute Gasteiger partial charge is 0.508 e. The first-order valence-corrected chi connectivity index (χ1v) is 4.89. The second-order valence-corrected chi connectivity index (χ2v) is 3.07. The molecule has 0 aliphatic carbocycles. The molecule has 0 saturated heterocycles. The highest BCUT2D eigenvalue weighted by molar-refractivity contribution is 7.80. The molecular weight excluding hydrogens is 210 g/mol. The lowest BCUT2D eigenvalue weighted by Crippen LogP contribution is -2.13. The van der Waals surface area contributed by atoms with Crippen LogP contribution in [0.3, 0.4) is 0 Å². The Kier molecular flexibility index (Phi) is 5.81. The first-order chi connectivity index (χ1) is 6.45. The van der Waals surface area contributed by atoms with Gasteiger partial charge in [-0.3, -0.25) is 4.55 Å². The third-order valence-electron chi connectivity index (χ3n) is 0.945. The van der Waals surface area contributed by atoms with E-state index in [1.807, 2.05) is 6.07 Å². The number of benzene rings is 1. The van der Waals surface area contributed by atoms with Crippen LogP contribution in [0.2, 0.25) is 0 Å². The highest BCUT2D eigenvalue weighted by Crippen LogP contribution is 2.02. The van der Waals surface area contributed by atoms with Crippen molar-refractivity contribution in [1.82, 2.24) is 5.48 Å². The van der Waals surface area contributed by atoms with Gasteiger partial charge in [0.25, 0.3) is 0 Å². The number of hydrogen-bond acceptors (Lipinski definition) is 5. The molecule has 0 unspecified atom stereocenters.